The normalized spacial score (nSPS) is 29.0. The monoisotopic (exact) mass is 221 g/mol. The summed E-state index contributed by atoms with van der Waals surface area (Å²) in [4.78, 5) is 0. The Kier molecular flexibility index (Phi) is 4.31. The number of hydrogen-bond acceptors (Lipinski definition) is 3. The molecule has 0 aromatic carbocycles. The Balaban J connectivity index is 2.43. The average Bonchev–Trinajstić information content (AvgIpc) is 2.02. The highest BCUT2D eigenvalue weighted by Crippen LogP contribution is 2.09. The van der Waals surface area contributed by atoms with E-state index in [0.29, 0.717) is 12.5 Å². The molecular weight excluding hydrogens is 202 g/mol. The van der Waals surface area contributed by atoms with Crippen molar-refractivity contribution in [2.75, 3.05) is 19.6 Å². The van der Waals surface area contributed by atoms with E-state index in [0.717, 1.165) is 19.5 Å². The van der Waals surface area contributed by atoms with Crippen molar-refractivity contribution in [3.8, 4) is 0 Å². The summed E-state index contributed by atoms with van der Waals surface area (Å²) < 4.78 is 27.8. The summed E-state index contributed by atoms with van der Waals surface area (Å²) in [5.41, 5.74) is 0. The highest BCUT2D eigenvalue weighted by atomic mass is 32.2. The summed E-state index contributed by atoms with van der Waals surface area (Å²) in [7, 11) is -3.29. The van der Waals surface area contributed by atoms with Crippen LogP contribution >= 0.6 is 0 Å². The molecule has 1 fully saturated rings. The van der Waals surface area contributed by atoms with Crippen LogP contribution in [-0.4, -0.2) is 34.1 Å². The first-order chi connectivity index (χ1) is 6.53. The molecule has 0 bridgehead atoms. The average molecular weight is 221 g/mol. The van der Waals surface area contributed by atoms with Crippen molar-refractivity contribution in [2.24, 2.45) is 5.92 Å². The van der Waals surface area contributed by atoms with Crippen molar-refractivity contribution in [3.05, 3.63) is 0 Å². The fourth-order valence-electron chi connectivity index (χ4n) is 1.70. The standard InChI is InChI=1S/C8H19N3O2S/c1-3-10-14(12,13)11-8-4-7(2)5-9-6-8/h7-11H,3-6H2,1-2H3. The van der Waals surface area contributed by atoms with Crippen LogP contribution in [0.1, 0.15) is 20.3 Å². The molecule has 1 aliphatic rings. The zero-order valence-electron chi connectivity index (χ0n) is 8.71. The second-order valence-electron chi connectivity index (χ2n) is 3.82. The Morgan fingerprint density at radius 2 is 2.14 bits per heavy atom. The van der Waals surface area contributed by atoms with E-state index in [-0.39, 0.29) is 6.04 Å². The zero-order chi connectivity index (χ0) is 10.6. The third kappa shape index (κ3) is 3.91. The first-order valence-corrected chi connectivity index (χ1v) is 6.49. The largest absolute Gasteiger partial charge is 0.315 e. The highest BCUT2D eigenvalue weighted by molar-refractivity contribution is 7.87. The van der Waals surface area contributed by atoms with E-state index < -0.39 is 10.2 Å². The summed E-state index contributed by atoms with van der Waals surface area (Å²) >= 11 is 0. The van der Waals surface area contributed by atoms with Gasteiger partial charge in [-0.15, -0.1) is 0 Å². The minimum Gasteiger partial charge on any atom is -0.315 e. The van der Waals surface area contributed by atoms with Crippen LogP contribution in [0.3, 0.4) is 0 Å². The Hall–Kier alpha value is -0.170. The third-order valence-corrected chi connectivity index (χ3v) is 3.54. The second kappa shape index (κ2) is 5.06. The van der Waals surface area contributed by atoms with Gasteiger partial charge in [-0.1, -0.05) is 13.8 Å². The molecule has 1 saturated heterocycles. The summed E-state index contributed by atoms with van der Waals surface area (Å²) in [5, 5.41) is 3.19. The zero-order valence-corrected chi connectivity index (χ0v) is 9.52. The molecule has 3 N–H and O–H groups in total. The smallest absolute Gasteiger partial charge is 0.277 e. The van der Waals surface area contributed by atoms with Crippen LogP contribution in [0.15, 0.2) is 0 Å². The van der Waals surface area contributed by atoms with Crippen LogP contribution < -0.4 is 14.8 Å². The predicted octanol–water partition coefficient (Wildman–Crippen LogP) is -0.572. The van der Waals surface area contributed by atoms with Crippen molar-refractivity contribution in [2.45, 2.75) is 26.3 Å². The molecule has 1 rings (SSSR count). The minimum absolute atomic E-state index is 0.0165. The van der Waals surface area contributed by atoms with Crippen LogP contribution in [0.25, 0.3) is 0 Å². The van der Waals surface area contributed by atoms with Gasteiger partial charge in [0.05, 0.1) is 0 Å². The van der Waals surface area contributed by atoms with Crippen molar-refractivity contribution in [3.63, 3.8) is 0 Å². The Morgan fingerprint density at radius 1 is 1.43 bits per heavy atom. The van der Waals surface area contributed by atoms with Crippen molar-refractivity contribution in [1.29, 1.82) is 0 Å². The lowest BCUT2D eigenvalue weighted by Gasteiger charge is -2.28. The van der Waals surface area contributed by atoms with Crippen LogP contribution in [0.4, 0.5) is 0 Å². The molecule has 1 heterocycles. The molecule has 0 saturated carbocycles. The maximum absolute atomic E-state index is 11.4. The lowest BCUT2D eigenvalue weighted by Crippen LogP contribution is -2.51. The molecular formula is C8H19N3O2S. The van der Waals surface area contributed by atoms with Gasteiger partial charge < -0.3 is 5.32 Å². The van der Waals surface area contributed by atoms with Gasteiger partial charge >= 0.3 is 0 Å². The van der Waals surface area contributed by atoms with E-state index in [2.05, 4.69) is 21.7 Å². The van der Waals surface area contributed by atoms with Crippen LogP contribution in [0.5, 0.6) is 0 Å². The molecule has 84 valence electrons. The molecule has 0 amide bonds. The topological polar surface area (TPSA) is 70.2 Å². The van der Waals surface area contributed by atoms with Gasteiger partial charge in [0.15, 0.2) is 0 Å². The summed E-state index contributed by atoms with van der Waals surface area (Å²) in [6.07, 6.45) is 0.900. The van der Waals surface area contributed by atoms with Gasteiger partial charge in [-0.25, -0.2) is 4.72 Å². The van der Waals surface area contributed by atoms with E-state index in [1.54, 1.807) is 6.92 Å². The quantitative estimate of drug-likeness (QED) is 0.595. The van der Waals surface area contributed by atoms with E-state index in [1.807, 2.05) is 0 Å². The highest BCUT2D eigenvalue weighted by Gasteiger charge is 2.22. The summed E-state index contributed by atoms with van der Waals surface area (Å²) in [6.45, 7) is 5.99. The van der Waals surface area contributed by atoms with Gasteiger partial charge in [-0.05, 0) is 18.9 Å². The van der Waals surface area contributed by atoms with E-state index in [1.165, 1.54) is 0 Å². The lowest BCUT2D eigenvalue weighted by atomic mass is 9.99. The van der Waals surface area contributed by atoms with Gasteiger partial charge in [0.1, 0.15) is 0 Å². The SMILES string of the molecule is CCNS(=O)(=O)NC1CNCC(C)C1. The number of piperidine rings is 1. The van der Waals surface area contributed by atoms with Crippen molar-refractivity contribution >= 4 is 10.2 Å². The van der Waals surface area contributed by atoms with Crippen LogP contribution in [0.2, 0.25) is 0 Å². The third-order valence-electron chi connectivity index (χ3n) is 2.23. The van der Waals surface area contributed by atoms with Gasteiger partial charge in [0, 0.05) is 19.1 Å². The summed E-state index contributed by atoms with van der Waals surface area (Å²) in [5.74, 6) is 0.526. The second-order valence-corrected chi connectivity index (χ2v) is 5.35. The molecule has 5 nitrogen and oxygen atoms in total. The van der Waals surface area contributed by atoms with Crippen LogP contribution in [-0.2, 0) is 10.2 Å². The molecule has 0 aliphatic carbocycles. The molecule has 2 atom stereocenters. The van der Waals surface area contributed by atoms with Gasteiger partial charge in [0.25, 0.3) is 10.2 Å². The first kappa shape index (κ1) is 11.9. The van der Waals surface area contributed by atoms with Gasteiger partial charge in [0.2, 0.25) is 0 Å². The van der Waals surface area contributed by atoms with E-state index in [4.69, 9.17) is 0 Å². The fraction of sp³-hybridized carbons (Fsp3) is 1.00. The molecule has 0 aromatic heterocycles. The minimum atomic E-state index is -3.29. The van der Waals surface area contributed by atoms with Gasteiger partial charge in [-0.3, -0.25) is 0 Å². The lowest BCUT2D eigenvalue weighted by molar-refractivity contribution is 0.345. The molecule has 0 aromatic rings. The Morgan fingerprint density at radius 3 is 2.71 bits per heavy atom. The Bertz CT molecular complexity index is 266. The van der Waals surface area contributed by atoms with E-state index in [9.17, 15) is 8.42 Å². The Labute approximate surface area is 85.8 Å². The number of rotatable bonds is 4. The predicted molar refractivity (Wildman–Crippen MR) is 56.2 cm³/mol. The number of hydrogen-bond donors (Lipinski definition) is 3. The maximum Gasteiger partial charge on any atom is 0.277 e. The fourth-order valence-corrected chi connectivity index (χ4v) is 2.78. The molecule has 6 heteroatoms. The summed E-state index contributed by atoms with van der Waals surface area (Å²) in [6, 6.07) is 0.0165. The molecule has 0 radical (unpaired) electrons. The maximum atomic E-state index is 11.4. The van der Waals surface area contributed by atoms with Gasteiger partial charge in [-0.2, -0.15) is 13.1 Å². The molecule has 14 heavy (non-hydrogen) atoms. The van der Waals surface area contributed by atoms with Crippen molar-refractivity contribution in [1.82, 2.24) is 14.8 Å². The molecule has 1 aliphatic heterocycles. The van der Waals surface area contributed by atoms with Crippen LogP contribution in [0, 0.1) is 5.92 Å². The first-order valence-electron chi connectivity index (χ1n) is 5.01. The molecule has 2 unspecified atom stereocenters. The number of nitrogens with one attached hydrogen (secondary N) is 3. The van der Waals surface area contributed by atoms with Crippen molar-refractivity contribution < 1.29 is 8.42 Å². The van der Waals surface area contributed by atoms with E-state index >= 15 is 0 Å². The molecule has 0 spiro atoms.